The van der Waals surface area contributed by atoms with Crippen LogP contribution in [0.5, 0.6) is 0 Å². The van der Waals surface area contributed by atoms with Crippen molar-refractivity contribution >= 4 is 0 Å². The van der Waals surface area contributed by atoms with Crippen molar-refractivity contribution in [2.75, 3.05) is 0 Å². The second kappa shape index (κ2) is 6.39. The third-order valence-corrected chi connectivity index (χ3v) is 4.32. The van der Waals surface area contributed by atoms with Crippen LogP contribution in [0.2, 0.25) is 0 Å². The Balaban J connectivity index is 1.59. The fourth-order valence-electron chi connectivity index (χ4n) is 3.04. The molecule has 21 heavy (non-hydrogen) atoms. The molecule has 1 heterocycles. The maximum absolute atomic E-state index is 13.7. The van der Waals surface area contributed by atoms with Crippen molar-refractivity contribution in [3.63, 3.8) is 0 Å². The molecule has 0 unspecified atom stereocenters. The van der Waals surface area contributed by atoms with Crippen LogP contribution in [0.25, 0.3) is 0 Å². The summed E-state index contributed by atoms with van der Waals surface area (Å²) in [6.07, 6.45) is 7.16. The van der Waals surface area contributed by atoms with Crippen LogP contribution in [0.4, 0.5) is 4.39 Å². The van der Waals surface area contributed by atoms with Gasteiger partial charge < -0.3 is 5.32 Å². The zero-order valence-corrected chi connectivity index (χ0v) is 12.4. The summed E-state index contributed by atoms with van der Waals surface area (Å²) in [5.41, 5.74) is 1.72. The van der Waals surface area contributed by atoms with Crippen LogP contribution in [0, 0.1) is 5.82 Å². The lowest BCUT2D eigenvalue weighted by atomic mass is 10.1. The van der Waals surface area contributed by atoms with E-state index < -0.39 is 0 Å². The molecule has 1 aliphatic carbocycles. The Morgan fingerprint density at radius 1 is 1.29 bits per heavy atom. The van der Waals surface area contributed by atoms with Crippen molar-refractivity contribution in [3.8, 4) is 0 Å². The molecule has 0 spiro atoms. The van der Waals surface area contributed by atoms with Gasteiger partial charge in [0.15, 0.2) is 0 Å². The van der Waals surface area contributed by atoms with Crippen LogP contribution in [-0.2, 0) is 6.54 Å². The molecule has 1 saturated carbocycles. The molecule has 1 aromatic carbocycles. The predicted molar refractivity (Wildman–Crippen MR) is 81.4 cm³/mol. The molecule has 1 N–H and O–H groups in total. The molecule has 4 heteroatoms. The fraction of sp³-hybridized carbons (Fsp3) is 0.471. The molecule has 1 aromatic heterocycles. The molecule has 1 aliphatic rings. The fourth-order valence-corrected chi connectivity index (χ4v) is 3.04. The first-order valence-corrected chi connectivity index (χ1v) is 7.76. The average molecular weight is 287 g/mol. The molecular weight excluding hydrogens is 265 g/mol. The molecule has 0 radical (unpaired) electrons. The van der Waals surface area contributed by atoms with E-state index in [0.29, 0.717) is 18.2 Å². The van der Waals surface area contributed by atoms with Crippen LogP contribution in [0.1, 0.15) is 55.9 Å². The normalized spacial score (nSPS) is 17.2. The lowest BCUT2D eigenvalue weighted by Crippen LogP contribution is -2.19. The maximum atomic E-state index is 13.7. The Morgan fingerprint density at radius 3 is 2.81 bits per heavy atom. The highest BCUT2D eigenvalue weighted by Gasteiger charge is 2.17. The van der Waals surface area contributed by atoms with E-state index in [2.05, 4.69) is 27.4 Å². The Labute approximate surface area is 125 Å². The number of nitrogens with one attached hydrogen (secondary N) is 1. The van der Waals surface area contributed by atoms with Crippen LogP contribution in [0.15, 0.2) is 36.5 Å². The zero-order chi connectivity index (χ0) is 14.7. The van der Waals surface area contributed by atoms with E-state index in [4.69, 9.17) is 0 Å². The van der Waals surface area contributed by atoms with Gasteiger partial charge in [-0.25, -0.2) is 4.39 Å². The number of hydrogen-bond acceptors (Lipinski definition) is 2. The quantitative estimate of drug-likeness (QED) is 0.901. The van der Waals surface area contributed by atoms with Gasteiger partial charge in [0.2, 0.25) is 0 Å². The Kier molecular flexibility index (Phi) is 4.34. The summed E-state index contributed by atoms with van der Waals surface area (Å²) >= 11 is 0. The van der Waals surface area contributed by atoms with Gasteiger partial charge in [-0.1, -0.05) is 31.0 Å². The smallest absolute Gasteiger partial charge is 0.127 e. The van der Waals surface area contributed by atoms with Gasteiger partial charge in [-0.05, 0) is 31.9 Å². The first-order valence-electron chi connectivity index (χ1n) is 7.76. The standard InChI is InChI=1S/C17H22FN3/c1-13(16-8-4-5-9-17(16)18)19-12-14-10-11-21(20-14)15-6-2-3-7-15/h4-5,8-11,13,15,19H,2-3,6-7,12H2,1H3/t13-/m1/s1. The molecule has 112 valence electrons. The van der Waals surface area contributed by atoms with E-state index in [1.165, 1.54) is 31.7 Å². The third kappa shape index (κ3) is 3.32. The monoisotopic (exact) mass is 287 g/mol. The second-order valence-corrected chi connectivity index (χ2v) is 5.85. The number of rotatable bonds is 5. The molecule has 3 rings (SSSR count). The maximum Gasteiger partial charge on any atom is 0.127 e. The topological polar surface area (TPSA) is 29.9 Å². The summed E-state index contributed by atoms with van der Waals surface area (Å²) < 4.78 is 15.8. The minimum Gasteiger partial charge on any atom is -0.304 e. The van der Waals surface area contributed by atoms with Crippen LogP contribution < -0.4 is 5.32 Å². The number of nitrogens with zero attached hydrogens (tertiary/aromatic N) is 2. The van der Waals surface area contributed by atoms with E-state index in [-0.39, 0.29) is 11.9 Å². The molecule has 0 saturated heterocycles. The van der Waals surface area contributed by atoms with Gasteiger partial charge in [0, 0.05) is 24.3 Å². The van der Waals surface area contributed by atoms with E-state index >= 15 is 0 Å². The highest BCUT2D eigenvalue weighted by Crippen LogP contribution is 2.28. The van der Waals surface area contributed by atoms with E-state index in [1.807, 2.05) is 19.1 Å². The van der Waals surface area contributed by atoms with Crippen molar-refractivity contribution in [2.45, 2.75) is 51.2 Å². The Bertz CT molecular complexity index is 587. The molecule has 0 bridgehead atoms. The number of benzene rings is 1. The zero-order valence-electron chi connectivity index (χ0n) is 12.4. The molecular formula is C17H22FN3. The first-order chi connectivity index (χ1) is 10.2. The van der Waals surface area contributed by atoms with Gasteiger partial charge in [0.25, 0.3) is 0 Å². The summed E-state index contributed by atoms with van der Waals surface area (Å²) in [6.45, 7) is 2.64. The van der Waals surface area contributed by atoms with E-state index in [9.17, 15) is 4.39 Å². The summed E-state index contributed by atoms with van der Waals surface area (Å²) in [6, 6.07) is 9.51. The average Bonchev–Trinajstić information content (AvgIpc) is 3.16. The van der Waals surface area contributed by atoms with Crippen molar-refractivity contribution in [1.29, 1.82) is 0 Å². The van der Waals surface area contributed by atoms with Crippen molar-refractivity contribution in [2.24, 2.45) is 0 Å². The van der Waals surface area contributed by atoms with Crippen molar-refractivity contribution in [1.82, 2.24) is 15.1 Å². The predicted octanol–water partition coefficient (Wildman–Crippen LogP) is 3.99. The number of halogens is 1. The van der Waals surface area contributed by atoms with Gasteiger partial charge in [-0.15, -0.1) is 0 Å². The van der Waals surface area contributed by atoms with Gasteiger partial charge in [0.1, 0.15) is 5.82 Å². The van der Waals surface area contributed by atoms with Gasteiger partial charge in [-0.2, -0.15) is 5.10 Å². The Hall–Kier alpha value is -1.68. The summed E-state index contributed by atoms with van der Waals surface area (Å²) in [5.74, 6) is -0.158. The summed E-state index contributed by atoms with van der Waals surface area (Å²) in [5, 5.41) is 7.98. The van der Waals surface area contributed by atoms with Gasteiger partial charge in [-0.3, -0.25) is 4.68 Å². The Morgan fingerprint density at radius 2 is 2.05 bits per heavy atom. The molecule has 2 aromatic rings. The lowest BCUT2D eigenvalue weighted by Gasteiger charge is -2.14. The lowest BCUT2D eigenvalue weighted by molar-refractivity contribution is 0.457. The molecule has 0 aliphatic heterocycles. The van der Waals surface area contributed by atoms with Gasteiger partial charge in [0.05, 0.1) is 11.7 Å². The number of hydrogen-bond donors (Lipinski definition) is 1. The second-order valence-electron chi connectivity index (χ2n) is 5.85. The van der Waals surface area contributed by atoms with Crippen molar-refractivity contribution < 1.29 is 4.39 Å². The summed E-state index contributed by atoms with van der Waals surface area (Å²) in [4.78, 5) is 0. The van der Waals surface area contributed by atoms with Crippen LogP contribution in [-0.4, -0.2) is 9.78 Å². The first kappa shape index (κ1) is 14.3. The van der Waals surface area contributed by atoms with Crippen LogP contribution in [0.3, 0.4) is 0 Å². The molecule has 3 nitrogen and oxygen atoms in total. The minimum absolute atomic E-state index is 0.0252. The molecule has 1 fully saturated rings. The highest BCUT2D eigenvalue weighted by atomic mass is 19.1. The van der Waals surface area contributed by atoms with E-state index in [1.54, 1.807) is 6.07 Å². The van der Waals surface area contributed by atoms with Gasteiger partial charge >= 0.3 is 0 Å². The highest BCUT2D eigenvalue weighted by molar-refractivity contribution is 5.20. The van der Waals surface area contributed by atoms with Crippen molar-refractivity contribution in [3.05, 3.63) is 53.6 Å². The van der Waals surface area contributed by atoms with Crippen LogP contribution >= 0.6 is 0 Å². The SMILES string of the molecule is C[C@@H](NCc1ccn(C2CCCC2)n1)c1ccccc1F. The summed E-state index contributed by atoms with van der Waals surface area (Å²) in [7, 11) is 0. The number of aromatic nitrogens is 2. The molecule has 0 amide bonds. The largest absolute Gasteiger partial charge is 0.304 e. The molecule has 1 atom stereocenters. The third-order valence-electron chi connectivity index (χ3n) is 4.32. The van der Waals surface area contributed by atoms with E-state index in [0.717, 1.165) is 5.69 Å². The minimum atomic E-state index is -0.158.